The summed E-state index contributed by atoms with van der Waals surface area (Å²) in [5.41, 5.74) is 5.91. The number of rotatable bonds is 3. The first-order chi connectivity index (χ1) is 11.4. The van der Waals surface area contributed by atoms with Gasteiger partial charge in [0.1, 0.15) is 5.76 Å². The molecule has 0 aliphatic rings. The third-order valence-electron chi connectivity index (χ3n) is 3.34. The van der Waals surface area contributed by atoms with Crippen LogP contribution >= 0.6 is 18.6 Å². The summed E-state index contributed by atoms with van der Waals surface area (Å²) in [5.74, 6) is 0.266. The molecule has 0 atom stereocenters. The van der Waals surface area contributed by atoms with Crippen molar-refractivity contribution in [3.05, 3.63) is 70.8 Å². The normalized spacial score (nSPS) is 11.6. The zero-order valence-electron chi connectivity index (χ0n) is 14.3. The van der Waals surface area contributed by atoms with E-state index in [-0.39, 0.29) is 5.76 Å². The van der Waals surface area contributed by atoms with Gasteiger partial charge in [0.2, 0.25) is 0 Å². The van der Waals surface area contributed by atoms with Crippen LogP contribution in [0.1, 0.15) is 29.2 Å². The van der Waals surface area contributed by atoms with Crippen molar-refractivity contribution in [2.75, 3.05) is 0 Å². The average Bonchev–Trinajstić information content (AvgIpc) is 2.47. The van der Waals surface area contributed by atoms with Gasteiger partial charge in [-0.05, 0) is 51.0 Å². The van der Waals surface area contributed by atoms with Crippen LogP contribution in [0.2, 0.25) is 0 Å². The van der Waals surface area contributed by atoms with Crippen molar-refractivity contribution >= 4 is 35.8 Å². The second-order valence-electron chi connectivity index (χ2n) is 5.46. The third-order valence-corrected chi connectivity index (χ3v) is 3.34. The Morgan fingerprint density at radius 2 is 1.54 bits per heavy atom. The number of benzene rings is 2. The summed E-state index contributed by atoms with van der Waals surface area (Å²) in [7, 11) is 9.78. The van der Waals surface area contributed by atoms with Crippen LogP contribution in [0, 0.1) is 20.8 Å². The molecule has 0 unspecified atom stereocenters. The third kappa shape index (κ3) is 6.82. The Labute approximate surface area is 160 Å². The van der Waals surface area contributed by atoms with E-state index in [0.29, 0.717) is 0 Å². The van der Waals surface area contributed by atoms with Crippen LogP contribution in [-0.2, 0) is 17.0 Å². The summed E-state index contributed by atoms with van der Waals surface area (Å²) in [6, 6.07) is 13.9. The molecule has 0 amide bonds. The summed E-state index contributed by atoms with van der Waals surface area (Å²) in [4.78, 5) is 4.48. The average molecular weight is 398 g/mol. The Balaban J connectivity index is 0.000000891. The first kappa shape index (κ1) is 21.0. The first-order valence-corrected chi connectivity index (χ1v) is 11.7. The fraction of sp³-hybridized carbons (Fsp3) is 0.211. The molecule has 2 aromatic carbocycles. The van der Waals surface area contributed by atoms with Crippen molar-refractivity contribution < 1.29 is 22.1 Å². The number of aliphatic imine (C=N–C) groups is 1. The Hall–Kier alpha value is -1.06. The fourth-order valence-corrected chi connectivity index (χ4v) is 2.59. The van der Waals surface area contributed by atoms with E-state index in [2.05, 4.69) is 24.0 Å². The van der Waals surface area contributed by atoms with Crippen molar-refractivity contribution in [3.8, 4) is 0 Å². The molecule has 126 valence electrons. The minimum atomic E-state index is -0.556. The van der Waals surface area contributed by atoms with Crippen LogP contribution in [0.25, 0.3) is 5.76 Å². The van der Waals surface area contributed by atoms with Gasteiger partial charge in [0.25, 0.3) is 0 Å². The molecule has 24 heavy (non-hydrogen) atoms. The van der Waals surface area contributed by atoms with Crippen LogP contribution in [0.15, 0.2) is 53.5 Å². The van der Waals surface area contributed by atoms with Gasteiger partial charge in [-0.2, -0.15) is 0 Å². The molecule has 0 bridgehead atoms. The van der Waals surface area contributed by atoms with Gasteiger partial charge in [-0.15, -0.1) is 0 Å². The van der Waals surface area contributed by atoms with E-state index in [1.807, 2.05) is 51.1 Å². The van der Waals surface area contributed by atoms with E-state index < -0.39 is 17.0 Å². The number of para-hydroxylation sites is 1. The van der Waals surface area contributed by atoms with Crippen LogP contribution in [0.5, 0.6) is 0 Å². The summed E-state index contributed by atoms with van der Waals surface area (Å²) < 4.78 is 0. The number of halogens is 2. The molecule has 0 fully saturated rings. The van der Waals surface area contributed by atoms with Gasteiger partial charge >= 0.3 is 35.6 Å². The van der Waals surface area contributed by atoms with Gasteiger partial charge in [0, 0.05) is 17.4 Å². The van der Waals surface area contributed by atoms with Crippen molar-refractivity contribution in [3.63, 3.8) is 0 Å². The van der Waals surface area contributed by atoms with Gasteiger partial charge in [0.05, 0.1) is 5.69 Å². The molecule has 1 N–H and O–H groups in total. The van der Waals surface area contributed by atoms with Gasteiger partial charge in [0.15, 0.2) is 0 Å². The number of aryl methyl sites for hydroxylation is 3. The van der Waals surface area contributed by atoms with E-state index in [9.17, 15) is 5.11 Å². The molecular weight excluding hydrogens is 377 g/mol. The SMILES string of the molecule is CC(C=C(O)c1c(C)cc(C)cc1C)=Nc1ccccc1.[Cl][Ti][Cl]. The maximum atomic E-state index is 10.4. The second kappa shape index (κ2) is 10.7. The summed E-state index contributed by atoms with van der Waals surface area (Å²) >= 11 is -0.556. The molecule has 0 radical (unpaired) electrons. The number of hydrogen-bond donors (Lipinski definition) is 1. The van der Waals surface area contributed by atoms with Gasteiger partial charge < -0.3 is 5.11 Å². The molecule has 0 spiro atoms. The summed E-state index contributed by atoms with van der Waals surface area (Å²) in [6.07, 6.45) is 1.72. The number of hydrogen-bond acceptors (Lipinski definition) is 2. The zero-order chi connectivity index (χ0) is 18.1. The van der Waals surface area contributed by atoms with Crippen molar-refractivity contribution in [1.82, 2.24) is 0 Å². The first-order valence-electron chi connectivity index (χ1n) is 7.44. The van der Waals surface area contributed by atoms with Crippen LogP contribution in [-0.4, -0.2) is 10.8 Å². The Kier molecular flexibility index (Phi) is 9.39. The van der Waals surface area contributed by atoms with Crippen molar-refractivity contribution in [2.24, 2.45) is 4.99 Å². The number of allylic oxidation sites excluding steroid dienone is 1. The molecule has 2 rings (SSSR count). The summed E-state index contributed by atoms with van der Waals surface area (Å²) in [6.45, 7) is 7.99. The van der Waals surface area contributed by atoms with Gasteiger partial charge in [-0.3, -0.25) is 4.99 Å². The monoisotopic (exact) mass is 397 g/mol. The molecule has 0 aromatic heterocycles. The standard InChI is InChI=1S/C19H21NO.2ClH.Ti/c1-13-10-14(2)19(15(3)11-13)18(21)12-16(4)20-17-8-6-5-7-9-17;;;/h5-12,21H,1-4H3;2*1H;/q;;;+2/p-2. The quantitative estimate of drug-likeness (QED) is 0.349. The van der Waals surface area contributed by atoms with Gasteiger partial charge in [-0.1, -0.05) is 35.9 Å². The zero-order valence-corrected chi connectivity index (χ0v) is 17.3. The fourth-order valence-electron chi connectivity index (χ4n) is 2.59. The molecule has 2 nitrogen and oxygen atoms in total. The molecule has 0 aliphatic carbocycles. The van der Waals surface area contributed by atoms with E-state index in [4.69, 9.17) is 18.6 Å². The van der Waals surface area contributed by atoms with Crippen LogP contribution < -0.4 is 0 Å². The van der Waals surface area contributed by atoms with Crippen molar-refractivity contribution in [1.29, 1.82) is 0 Å². The number of aliphatic hydroxyl groups excluding tert-OH is 1. The number of aliphatic hydroxyl groups is 1. The van der Waals surface area contributed by atoms with Crippen molar-refractivity contribution in [2.45, 2.75) is 27.7 Å². The van der Waals surface area contributed by atoms with Crippen LogP contribution in [0.3, 0.4) is 0 Å². The predicted octanol–water partition coefficient (Wildman–Crippen LogP) is 6.68. The number of nitrogens with zero attached hydrogens (tertiary/aromatic N) is 1. The van der Waals surface area contributed by atoms with Gasteiger partial charge in [-0.25, -0.2) is 0 Å². The topological polar surface area (TPSA) is 32.6 Å². The Bertz CT molecular complexity index is 704. The maximum absolute atomic E-state index is 10.4. The van der Waals surface area contributed by atoms with E-state index >= 15 is 0 Å². The Morgan fingerprint density at radius 3 is 2.04 bits per heavy atom. The molecule has 0 aliphatic heterocycles. The summed E-state index contributed by atoms with van der Waals surface area (Å²) in [5, 5.41) is 10.4. The van der Waals surface area contributed by atoms with E-state index in [1.54, 1.807) is 6.08 Å². The van der Waals surface area contributed by atoms with E-state index in [0.717, 1.165) is 28.1 Å². The molecule has 0 heterocycles. The van der Waals surface area contributed by atoms with E-state index in [1.165, 1.54) is 5.56 Å². The minimum absolute atomic E-state index is 0.266. The molecule has 5 heteroatoms. The van der Waals surface area contributed by atoms with Crippen LogP contribution in [0.4, 0.5) is 5.69 Å². The molecule has 2 aromatic rings. The second-order valence-corrected chi connectivity index (χ2v) is 8.04. The molecule has 0 saturated carbocycles. The predicted molar refractivity (Wildman–Crippen MR) is 102 cm³/mol. The molecular formula is C19H21Cl2NOTi. The Morgan fingerprint density at radius 1 is 1.04 bits per heavy atom. The molecule has 0 saturated heterocycles.